The summed E-state index contributed by atoms with van der Waals surface area (Å²) in [5.41, 5.74) is 2.11. The number of pyridine rings is 2. The first-order valence-electron chi connectivity index (χ1n) is 10.3. The maximum atomic E-state index is 13.5. The number of nitrogens with one attached hydrogen (secondary N) is 1. The molecule has 4 rings (SSSR count). The van der Waals surface area contributed by atoms with Gasteiger partial charge in [0.25, 0.3) is 0 Å². The minimum absolute atomic E-state index is 0.0464. The van der Waals surface area contributed by atoms with Crippen LogP contribution in [0.2, 0.25) is 0 Å². The summed E-state index contributed by atoms with van der Waals surface area (Å²) in [6.07, 6.45) is 11.2. The molecule has 1 aliphatic rings. The van der Waals surface area contributed by atoms with Gasteiger partial charge in [0.1, 0.15) is 28.1 Å². The zero-order valence-electron chi connectivity index (χ0n) is 17.3. The van der Waals surface area contributed by atoms with E-state index in [2.05, 4.69) is 20.3 Å². The monoisotopic (exact) mass is 439 g/mol. The van der Waals surface area contributed by atoms with Crippen LogP contribution in [0.4, 0.5) is 5.82 Å². The van der Waals surface area contributed by atoms with Crippen LogP contribution in [0.3, 0.4) is 0 Å². The summed E-state index contributed by atoms with van der Waals surface area (Å²) >= 11 is 0. The van der Waals surface area contributed by atoms with Crippen LogP contribution in [0.5, 0.6) is 5.75 Å². The molecule has 0 spiro atoms. The summed E-state index contributed by atoms with van der Waals surface area (Å²) in [5.74, 6) is 1.08. The van der Waals surface area contributed by atoms with Gasteiger partial charge in [-0.25, -0.2) is 14.2 Å². The van der Waals surface area contributed by atoms with Gasteiger partial charge in [-0.1, -0.05) is 12.8 Å². The van der Waals surface area contributed by atoms with E-state index >= 15 is 0 Å². The second-order valence-corrected chi connectivity index (χ2v) is 8.73. The minimum atomic E-state index is -1.62. The molecule has 0 aromatic carbocycles. The molecule has 1 saturated carbocycles. The number of aliphatic hydroxyl groups excluding tert-OH is 1. The van der Waals surface area contributed by atoms with E-state index in [1.54, 1.807) is 31.8 Å². The minimum Gasteiger partial charge on any atom is -0.494 e. The maximum Gasteiger partial charge on any atom is 0.150 e. The lowest BCUT2D eigenvalue weighted by Crippen LogP contribution is -2.18. The van der Waals surface area contributed by atoms with Crippen LogP contribution >= 0.6 is 0 Å². The van der Waals surface area contributed by atoms with Crippen LogP contribution in [0.15, 0.2) is 52.9 Å². The van der Waals surface area contributed by atoms with Crippen LogP contribution < -0.4 is 10.1 Å². The third-order valence-corrected chi connectivity index (χ3v) is 6.53. The average molecular weight is 440 g/mol. The highest BCUT2D eigenvalue weighted by atomic mass is 32.2. The topological polar surface area (TPSA) is 110 Å². The number of anilines is 1. The highest BCUT2D eigenvalue weighted by Gasteiger charge is 2.24. The van der Waals surface area contributed by atoms with Gasteiger partial charge in [0.2, 0.25) is 0 Å². The van der Waals surface area contributed by atoms with E-state index in [-0.39, 0.29) is 12.6 Å². The molecular formula is C22H25N5O3S. The Labute approximate surface area is 183 Å². The number of nitrogens with zero attached hydrogens (tertiary/aromatic N) is 4. The van der Waals surface area contributed by atoms with Crippen molar-refractivity contribution in [2.75, 3.05) is 19.0 Å². The van der Waals surface area contributed by atoms with Gasteiger partial charge in [-0.3, -0.25) is 9.97 Å². The second-order valence-electron chi connectivity index (χ2n) is 7.34. The maximum absolute atomic E-state index is 13.5. The molecule has 0 aliphatic heterocycles. The van der Waals surface area contributed by atoms with E-state index in [4.69, 9.17) is 9.72 Å². The van der Waals surface area contributed by atoms with Gasteiger partial charge in [-0.05, 0) is 25.0 Å². The lowest BCUT2D eigenvalue weighted by Gasteiger charge is -2.19. The number of methoxy groups -OCH3 is 1. The van der Waals surface area contributed by atoms with Crippen molar-refractivity contribution < 1.29 is 14.1 Å². The standard InChI is InChI=1S/C22H25N5O3S/c1-30-18-12-19(31(29)20-14-24-13-17(25-20)8-11-28)22(26-16-4-2-3-5-16)27-21(18)15-6-9-23-10-7-15/h6-7,9-10,12-14,16,28H,2-5,8,11H2,1H3,(H,26,27). The summed E-state index contributed by atoms with van der Waals surface area (Å²) in [6, 6.07) is 5.78. The van der Waals surface area contributed by atoms with Gasteiger partial charge in [-0.15, -0.1) is 0 Å². The van der Waals surface area contributed by atoms with Crippen molar-refractivity contribution in [2.24, 2.45) is 0 Å². The van der Waals surface area contributed by atoms with Crippen molar-refractivity contribution in [1.82, 2.24) is 19.9 Å². The van der Waals surface area contributed by atoms with Gasteiger partial charge < -0.3 is 15.2 Å². The molecule has 1 fully saturated rings. The highest BCUT2D eigenvalue weighted by Crippen LogP contribution is 2.35. The SMILES string of the molecule is COc1cc(S(=O)c2cncc(CCO)n2)c(NC2CCCC2)nc1-c1ccncc1. The Balaban J connectivity index is 1.79. The van der Waals surface area contributed by atoms with E-state index in [0.717, 1.165) is 31.2 Å². The van der Waals surface area contributed by atoms with Crippen molar-refractivity contribution >= 4 is 16.6 Å². The zero-order chi connectivity index (χ0) is 21.6. The van der Waals surface area contributed by atoms with Crippen molar-refractivity contribution in [3.63, 3.8) is 0 Å². The molecule has 1 unspecified atom stereocenters. The van der Waals surface area contributed by atoms with E-state index in [9.17, 15) is 9.32 Å². The Morgan fingerprint density at radius 1 is 1.16 bits per heavy atom. The molecule has 1 atom stereocenters. The number of aromatic nitrogens is 4. The van der Waals surface area contributed by atoms with E-state index in [1.165, 1.54) is 6.20 Å². The molecule has 3 aromatic heterocycles. The Hall–Kier alpha value is -2.91. The number of ether oxygens (including phenoxy) is 1. The van der Waals surface area contributed by atoms with E-state index in [1.807, 2.05) is 12.1 Å². The van der Waals surface area contributed by atoms with Gasteiger partial charge in [0, 0.05) is 49.3 Å². The number of hydrogen-bond donors (Lipinski definition) is 2. The first kappa shape index (κ1) is 21.3. The number of rotatable bonds is 8. The summed E-state index contributed by atoms with van der Waals surface area (Å²) < 4.78 is 19.1. The molecule has 3 heterocycles. The smallest absolute Gasteiger partial charge is 0.150 e. The fraction of sp³-hybridized carbons (Fsp3) is 0.364. The van der Waals surface area contributed by atoms with Crippen LogP contribution in [0.1, 0.15) is 31.4 Å². The van der Waals surface area contributed by atoms with E-state index < -0.39 is 10.8 Å². The molecule has 0 radical (unpaired) electrons. The second kappa shape index (κ2) is 9.93. The Morgan fingerprint density at radius 3 is 2.65 bits per heavy atom. The Bertz CT molecular complexity index is 1060. The normalized spacial score (nSPS) is 15.0. The fourth-order valence-corrected chi connectivity index (χ4v) is 4.76. The third kappa shape index (κ3) is 4.88. The van der Waals surface area contributed by atoms with Gasteiger partial charge in [-0.2, -0.15) is 0 Å². The average Bonchev–Trinajstić information content (AvgIpc) is 3.32. The first-order chi connectivity index (χ1) is 15.2. The van der Waals surface area contributed by atoms with E-state index in [0.29, 0.717) is 39.3 Å². The largest absolute Gasteiger partial charge is 0.494 e. The van der Waals surface area contributed by atoms with Crippen molar-refractivity contribution in [3.8, 4) is 17.0 Å². The summed E-state index contributed by atoms with van der Waals surface area (Å²) in [5, 5.41) is 13.0. The lowest BCUT2D eigenvalue weighted by molar-refractivity contribution is 0.297. The number of hydrogen-bond acceptors (Lipinski definition) is 8. The van der Waals surface area contributed by atoms with Crippen molar-refractivity contribution in [1.29, 1.82) is 0 Å². The van der Waals surface area contributed by atoms with Crippen LogP contribution in [0, 0.1) is 0 Å². The predicted octanol–water partition coefficient (Wildman–Crippen LogP) is 3.00. The zero-order valence-corrected chi connectivity index (χ0v) is 18.1. The Morgan fingerprint density at radius 2 is 1.94 bits per heavy atom. The van der Waals surface area contributed by atoms with Crippen molar-refractivity contribution in [2.45, 2.75) is 48.1 Å². The molecule has 31 heavy (non-hydrogen) atoms. The summed E-state index contributed by atoms with van der Waals surface area (Å²) in [4.78, 5) is 18.0. The molecular weight excluding hydrogens is 414 g/mol. The lowest BCUT2D eigenvalue weighted by atomic mass is 10.1. The third-order valence-electron chi connectivity index (χ3n) is 5.24. The predicted molar refractivity (Wildman–Crippen MR) is 117 cm³/mol. The molecule has 162 valence electrons. The molecule has 0 amide bonds. The van der Waals surface area contributed by atoms with Crippen LogP contribution in [-0.4, -0.2) is 49.0 Å². The molecule has 3 aromatic rings. The van der Waals surface area contributed by atoms with Gasteiger partial charge >= 0.3 is 0 Å². The molecule has 1 aliphatic carbocycles. The highest BCUT2D eigenvalue weighted by molar-refractivity contribution is 7.85. The summed E-state index contributed by atoms with van der Waals surface area (Å²) in [6.45, 7) is -0.0464. The Kier molecular flexibility index (Phi) is 6.83. The van der Waals surface area contributed by atoms with Gasteiger partial charge in [0.15, 0.2) is 5.03 Å². The molecule has 8 nitrogen and oxygen atoms in total. The molecule has 0 bridgehead atoms. The first-order valence-corrected chi connectivity index (χ1v) is 11.4. The number of aliphatic hydroxyl groups is 1. The van der Waals surface area contributed by atoms with Crippen LogP contribution in [0.25, 0.3) is 11.3 Å². The molecule has 9 heteroatoms. The molecule has 0 saturated heterocycles. The quantitative estimate of drug-likeness (QED) is 0.551. The van der Waals surface area contributed by atoms with Gasteiger partial charge in [0.05, 0.1) is 23.9 Å². The fourth-order valence-electron chi connectivity index (χ4n) is 3.68. The van der Waals surface area contributed by atoms with Crippen LogP contribution in [-0.2, 0) is 17.2 Å². The van der Waals surface area contributed by atoms with Crippen molar-refractivity contribution in [3.05, 3.63) is 48.7 Å². The molecule has 2 N–H and O–H groups in total. The summed E-state index contributed by atoms with van der Waals surface area (Å²) in [7, 11) is -0.0517.